The number of anilines is 1. The molecule has 2 aromatic carbocycles. The Hall–Kier alpha value is -3.00. The molecule has 0 aromatic heterocycles. The molecule has 0 aliphatic carbocycles. The zero-order chi connectivity index (χ0) is 30.4. The monoisotopic (exact) mass is 603 g/mol. The molecule has 0 bridgehead atoms. The molecule has 238 valence electrons. The molecule has 2 heterocycles. The molecular weight excluding hydrogens is 558 g/mol. The molecule has 43 heavy (non-hydrogen) atoms. The first kappa shape index (κ1) is 32.9. The lowest BCUT2D eigenvalue weighted by Crippen LogP contribution is -2.51. The molecule has 0 spiro atoms. The Morgan fingerprint density at radius 1 is 1.00 bits per heavy atom. The number of nitrogens with one attached hydrogen (secondary N) is 1. The van der Waals surface area contributed by atoms with Gasteiger partial charge < -0.3 is 43.5 Å². The van der Waals surface area contributed by atoms with E-state index in [2.05, 4.69) is 45.4 Å². The van der Waals surface area contributed by atoms with E-state index in [4.69, 9.17) is 28.4 Å². The Morgan fingerprint density at radius 3 is 2.49 bits per heavy atom. The second kappa shape index (κ2) is 17.3. The average molecular weight is 604 g/mol. The summed E-state index contributed by atoms with van der Waals surface area (Å²) in [6, 6.07) is 14.5. The maximum atomic E-state index is 10.8. The second-order valence-electron chi connectivity index (χ2n) is 10.8. The smallest absolute Gasteiger partial charge is 0.294 e. The Balaban J connectivity index is 1.47. The van der Waals surface area contributed by atoms with Crippen LogP contribution in [-0.4, -0.2) is 96.8 Å². The molecule has 0 unspecified atom stereocenters. The first-order valence-electron chi connectivity index (χ1n) is 14.9. The highest BCUT2D eigenvalue weighted by atomic mass is 17.0. The lowest BCUT2D eigenvalue weighted by Gasteiger charge is -2.39. The number of methoxy groups -OCH3 is 2. The minimum absolute atomic E-state index is 0.0890. The van der Waals surface area contributed by atoms with Gasteiger partial charge in [-0.25, -0.2) is 0 Å². The van der Waals surface area contributed by atoms with Crippen molar-refractivity contribution in [1.82, 2.24) is 5.32 Å². The van der Waals surface area contributed by atoms with Crippen molar-refractivity contribution in [2.75, 3.05) is 78.3 Å². The summed E-state index contributed by atoms with van der Waals surface area (Å²) >= 11 is 0. The van der Waals surface area contributed by atoms with Gasteiger partial charge in [0, 0.05) is 46.4 Å². The van der Waals surface area contributed by atoms with E-state index in [1.54, 1.807) is 21.1 Å². The molecule has 2 aromatic rings. The third-order valence-electron chi connectivity index (χ3n) is 7.59. The highest BCUT2D eigenvalue weighted by Crippen LogP contribution is 2.34. The van der Waals surface area contributed by atoms with E-state index in [1.807, 2.05) is 12.1 Å². The van der Waals surface area contributed by atoms with Gasteiger partial charge in [0.25, 0.3) is 5.09 Å². The second-order valence-corrected chi connectivity index (χ2v) is 10.8. The Morgan fingerprint density at radius 2 is 1.74 bits per heavy atom. The summed E-state index contributed by atoms with van der Waals surface area (Å²) in [5.41, 5.74) is 4.26. The number of rotatable bonds is 18. The molecule has 2 aliphatic heterocycles. The van der Waals surface area contributed by atoms with Crippen molar-refractivity contribution in [2.24, 2.45) is 0 Å². The number of hydrogen-bond acceptors (Lipinski definition) is 11. The van der Waals surface area contributed by atoms with Crippen LogP contribution < -0.4 is 15.0 Å². The van der Waals surface area contributed by atoms with Crippen LogP contribution in [0.1, 0.15) is 36.0 Å². The van der Waals surface area contributed by atoms with Crippen LogP contribution in [0.3, 0.4) is 0 Å². The van der Waals surface area contributed by atoms with Gasteiger partial charge in [0.2, 0.25) is 0 Å². The van der Waals surface area contributed by atoms with E-state index in [1.165, 1.54) is 0 Å². The number of nitrogens with zero attached hydrogens (tertiary/aromatic N) is 2. The Labute approximate surface area is 253 Å². The molecule has 1 saturated heterocycles. The fourth-order valence-electron chi connectivity index (χ4n) is 5.46. The van der Waals surface area contributed by atoms with E-state index < -0.39 is 11.2 Å². The largest absolute Gasteiger partial charge is 0.490 e. The predicted octanol–water partition coefficient (Wildman–Crippen LogP) is 3.34. The van der Waals surface area contributed by atoms with Crippen LogP contribution in [0, 0.1) is 10.1 Å². The summed E-state index contributed by atoms with van der Waals surface area (Å²) in [5, 5.41) is 13.4. The SMILES string of the molecule is COCCCN1CCOc2ccc(CO[C@H]3CNC[C@@H](OC[C@@H](C)O[N+](=O)[O-])[C@@H]3c3ccc(COCCOC)cc3)cc21. The quantitative estimate of drug-likeness (QED) is 0.153. The molecule has 1 fully saturated rings. The van der Waals surface area contributed by atoms with Gasteiger partial charge in [0.1, 0.15) is 18.5 Å². The molecule has 12 heteroatoms. The van der Waals surface area contributed by atoms with Crippen molar-refractivity contribution in [3.8, 4) is 5.75 Å². The highest BCUT2D eigenvalue weighted by molar-refractivity contribution is 5.61. The van der Waals surface area contributed by atoms with Crippen LogP contribution in [0.4, 0.5) is 5.69 Å². The molecular formula is C31H45N3O9. The van der Waals surface area contributed by atoms with Gasteiger partial charge in [-0.3, -0.25) is 0 Å². The molecule has 12 nitrogen and oxygen atoms in total. The van der Waals surface area contributed by atoms with E-state index in [0.717, 1.165) is 47.6 Å². The van der Waals surface area contributed by atoms with Crippen molar-refractivity contribution >= 4 is 5.69 Å². The first-order valence-corrected chi connectivity index (χ1v) is 14.9. The van der Waals surface area contributed by atoms with Gasteiger partial charge in [0.05, 0.1) is 57.5 Å². The predicted molar refractivity (Wildman–Crippen MR) is 160 cm³/mol. The Kier molecular flexibility index (Phi) is 13.3. The summed E-state index contributed by atoms with van der Waals surface area (Å²) in [4.78, 5) is 17.8. The number of benzene rings is 2. The topological polar surface area (TPSA) is 123 Å². The van der Waals surface area contributed by atoms with Crippen molar-refractivity contribution < 1.29 is 38.3 Å². The van der Waals surface area contributed by atoms with Gasteiger partial charge >= 0.3 is 0 Å². The molecule has 2 aliphatic rings. The maximum absolute atomic E-state index is 10.8. The van der Waals surface area contributed by atoms with E-state index in [9.17, 15) is 10.1 Å². The fourth-order valence-corrected chi connectivity index (χ4v) is 5.46. The van der Waals surface area contributed by atoms with Gasteiger partial charge in [-0.2, -0.15) is 0 Å². The molecule has 0 amide bonds. The maximum Gasteiger partial charge on any atom is 0.294 e. The third-order valence-corrected chi connectivity index (χ3v) is 7.59. The standard InChI is InChI=1S/C31H45N3O9/c1-23(43-34(35)36)20-41-29-18-32-19-30(31(29)26-8-5-24(6-9-26)21-39-16-15-38-3)42-22-25-7-10-28-27(17-25)33(12-14-40-28)11-4-13-37-2/h5-10,17,23,29-32H,4,11-16,18-22H2,1-3H3/t23-,29-,30+,31+/m1/s1. The van der Waals surface area contributed by atoms with Crippen molar-refractivity contribution in [3.05, 3.63) is 69.3 Å². The summed E-state index contributed by atoms with van der Waals surface area (Å²) in [6.07, 6.45) is -0.210. The number of hydrogen-bond donors (Lipinski definition) is 1. The lowest BCUT2D eigenvalue weighted by molar-refractivity contribution is -0.768. The molecule has 1 N–H and O–H groups in total. The van der Waals surface area contributed by atoms with Gasteiger partial charge in [0.15, 0.2) is 0 Å². The minimum atomic E-state index is -0.785. The molecule has 0 radical (unpaired) electrons. The molecule has 4 rings (SSSR count). The van der Waals surface area contributed by atoms with Gasteiger partial charge in [-0.05, 0) is 42.2 Å². The fraction of sp³-hybridized carbons (Fsp3) is 0.613. The summed E-state index contributed by atoms with van der Waals surface area (Å²) in [5.74, 6) is 0.787. The molecule has 4 atom stereocenters. The van der Waals surface area contributed by atoms with Crippen LogP contribution in [0.5, 0.6) is 5.75 Å². The van der Waals surface area contributed by atoms with Crippen molar-refractivity contribution in [2.45, 2.75) is 50.8 Å². The van der Waals surface area contributed by atoms with E-state index >= 15 is 0 Å². The van der Waals surface area contributed by atoms with Crippen LogP contribution >= 0.6 is 0 Å². The zero-order valence-electron chi connectivity index (χ0n) is 25.4. The van der Waals surface area contributed by atoms with Crippen molar-refractivity contribution in [3.63, 3.8) is 0 Å². The zero-order valence-corrected chi connectivity index (χ0v) is 25.4. The number of ether oxygens (including phenoxy) is 6. The third kappa shape index (κ3) is 10.0. The number of fused-ring (bicyclic) bond motifs is 1. The van der Waals surface area contributed by atoms with E-state index in [-0.39, 0.29) is 24.7 Å². The highest BCUT2D eigenvalue weighted by Gasteiger charge is 2.36. The summed E-state index contributed by atoms with van der Waals surface area (Å²) in [6.45, 7) is 8.05. The van der Waals surface area contributed by atoms with Gasteiger partial charge in [-0.1, -0.05) is 30.3 Å². The average Bonchev–Trinajstić information content (AvgIpc) is 3.01. The van der Waals surface area contributed by atoms with Crippen LogP contribution in [-0.2, 0) is 41.7 Å². The van der Waals surface area contributed by atoms with Crippen LogP contribution in [0.15, 0.2) is 42.5 Å². The minimum Gasteiger partial charge on any atom is -0.490 e. The normalized spacial score (nSPS) is 20.7. The number of piperidine rings is 1. The van der Waals surface area contributed by atoms with E-state index in [0.29, 0.717) is 52.7 Å². The lowest BCUT2D eigenvalue weighted by atomic mass is 9.85. The molecule has 0 saturated carbocycles. The van der Waals surface area contributed by atoms with Crippen LogP contribution in [0.2, 0.25) is 0 Å². The summed E-state index contributed by atoms with van der Waals surface area (Å²) in [7, 11) is 3.37. The first-order chi connectivity index (χ1) is 21.0. The van der Waals surface area contributed by atoms with Gasteiger partial charge in [-0.15, -0.1) is 10.1 Å². The van der Waals surface area contributed by atoms with Crippen LogP contribution in [0.25, 0.3) is 0 Å². The van der Waals surface area contributed by atoms with Crippen molar-refractivity contribution in [1.29, 1.82) is 0 Å². The summed E-state index contributed by atoms with van der Waals surface area (Å²) < 4.78 is 34.7. The Bertz CT molecular complexity index is 1120.